The zero-order valence-electron chi connectivity index (χ0n) is 9.39. The number of benzene rings is 1. The molecular formula is C12H10ClN3OS. The molecule has 0 unspecified atom stereocenters. The SMILES string of the molecule is N#Cc1sc(NCCOc2ccccc2)nc1Cl. The van der Waals surface area contributed by atoms with E-state index in [-0.39, 0.29) is 5.15 Å². The molecule has 2 aromatic rings. The first kappa shape index (κ1) is 12.7. The molecule has 0 saturated carbocycles. The highest BCUT2D eigenvalue weighted by molar-refractivity contribution is 7.16. The molecule has 1 aromatic carbocycles. The molecule has 0 saturated heterocycles. The maximum atomic E-state index is 8.74. The van der Waals surface area contributed by atoms with E-state index in [0.717, 1.165) is 5.75 Å². The largest absolute Gasteiger partial charge is 0.492 e. The van der Waals surface area contributed by atoms with Crippen molar-refractivity contribution in [3.63, 3.8) is 0 Å². The van der Waals surface area contributed by atoms with Crippen molar-refractivity contribution < 1.29 is 4.74 Å². The van der Waals surface area contributed by atoms with E-state index in [1.54, 1.807) is 0 Å². The molecular weight excluding hydrogens is 270 g/mol. The van der Waals surface area contributed by atoms with Gasteiger partial charge in [-0.25, -0.2) is 4.98 Å². The molecule has 92 valence electrons. The summed E-state index contributed by atoms with van der Waals surface area (Å²) in [5, 5.41) is 12.7. The number of rotatable bonds is 5. The fraction of sp³-hybridized carbons (Fsp3) is 0.167. The summed E-state index contributed by atoms with van der Waals surface area (Å²) in [4.78, 5) is 4.44. The Bertz CT molecular complexity index is 550. The Labute approximate surface area is 114 Å². The molecule has 0 bridgehead atoms. The third kappa shape index (κ3) is 3.36. The van der Waals surface area contributed by atoms with Crippen LogP contribution in [0.1, 0.15) is 4.88 Å². The molecule has 0 fully saturated rings. The lowest BCUT2D eigenvalue weighted by Gasteiger charge is -2.05. The van der Waals surface area contributed by atoms with Gasteiger partial charge in [0.05, 0.1) is 6.54 Å². The summed E-state index contributed by atoms with van der Waals surface area (Å²) in [5.41, 5.74) is 0. The molecule has 1 aromatic heterocycles. The second-order valence-electron chi connectivity index (χ2n) is 3.34. The van der Waals surface area contributed by atoms with Gasteiger partial charge in [0.2, 0.25) is 0 Å². The third-order valence-electron chi connectivity index (χ3n) is 2.08. The number of thiazole rings is 1. The predicted octanol–water partition coefficient (Wildman–Crippen LogP) is 3.16. The molecule has 0 aliphatic carbocycles. The van der Waals surface area contributed by atoms with Crippen molar-refractivity contribution in [1.82, 2.24) is 4.98 Å². The van der Waals surface area contributed by atoms with Crippen molar-refractivity contribution in [2.75, 3.05) is 18.5 Å². The number of nitrogens with zero attached hydrogens (tertiary/aromatic N) is 2. The van der Waals surface area contributed by atoms with Crippen molar-refractivity contribution in [2.24, 2.45) is 0 Å². The number of nitriles is 1. The number of para-hydroxylation sites is 1. The number of hydrogen-bond acceptors (Lipinski definition) is 5. The van der Waals surface area contributed by atoms with Gasteiger partial charge in [-0.3, -0.25) is 0 Å². The Morgan fingerprint density at radius 3 is 2.83 bits per heavy atom. The first-order valence-corrected chi connectivity index (χ1v) is 6.47. The van der Waals surface area contributed by atoms with Gasteiger partial charge in [-0.05, 0) is 12.1 Å². The third-order valence-corrected chi connectivity index (χ3v) is 3.38. The van der Waals surface area contributed by atoms with Gasteiger partial charge in [-0.15, -0.1) is 0 Å². The normalized spacial score (nSPS) is 9.78. The Morgan fingerprint density at radius 2 is 2.17 bits per heavy atom. The molecule has 18 heavy (non-hydrogen) atoms. The number of hydrogen-bond donors (Lipinski definition) is 1. The van der Waals surface area contributed by atoms with Crippen molar-refractivity contribution in [1.29, 1.82) is 5.26 Å². The van der Waals surface area contributed by atoms with Crippen LogP contribution in [0.4, 0.5) is 5.13 Å². The first-order valence-electron chi connectivity index (χ1n) is 5.28. The van der Waals surface area contributed by atoms with Gasteiger partial charge in [0.15, 0.2) is 10.3 Å². The lowest BCUT2D eigenvalue weighted by molar-refractivity contribution is 0.333. The monoisotopic (exact) mass is 279 g/mol. The smallest absolute Gasteiger partial charge is 0.185 e. The highest BCUT2D eigenvalue weighted by Gasteiger charge is 2.07. The highest BCUT2D eigenvalue weighted by atomic mass is 35.5. The lowest BCUT2D eigenvalue weighted by Crippen LogP contribution is -2.11. The Morgan fingerprint density at radius 1 is 1.39 bits per heavy atom. The summed E-state index contributed by atoms with van der Waals surface area (Å²) in [6.45, 7) is 1.12. The zero-order valence-corrected chi connectivity index (χ0v) is 11.0. The predicted molar refractivity (Wildman–Crippen MR) is 72.3 cm³/mol. The van der Waals surface area contributed by atoms with E-state index in [2.05, 4.69) is 10.3 Å². The second kappa shape index (κ2) is 6.24. The average Bonchev–Trinajstić information content (AvgIpc) is 2.76. The molecule has 0 radical (unpaired) electrons. The number of ether oxygens (including phenoxy) is 1. The summed E-state index contributed by atoms with van der Waals surface area (Å²) in [7, 11) is 0. The summed E-state index contributed by atoms with van der Waals surface area (Å²) in [6.07, 6.45) is 0. The minimum Gasteiger partial charge on any atom is -0.492 e. The van der Waals surface area contributed by atoms with Crippen LogP contribution < -0.4 is 10.1 Å². The number of nitrogens with one attached hydrogen (secondary N) is 1. The number of anilines is 1. The van der Waals surface area contributed by atoms with E-state index in [1.807, 2.05) is 36.4 Å². The number of aromatic nitrogens is 1. The van der Waals surface area contributed by atoms with Crippen LogP contribution in [0.25, 0.3) is 0 Å². The molecule has 0 aliphatic rings. The minimum absolute atomic E-state index is 0.244. The van der Waals surface area contributed by atoms with Gasteiger partial charge in [0.1, 0.15) is 23.3 Å². The fourth-order valence-electron chi connectivity index (χ4n) is 1.29. The second-order valence-corrected chi connectivity index (χ2v) is 4.70. The zero-order chi connectivity index (χ0) is 12.8. The van der Waals surface area contributed by atoms with Gasteiger partial charge in [-0.1, -0.05) is 41.1 Å². The first-order chi connectivity index (χ1) is 8.79. The Hall–Kier alpha value is -1.77. The lowest BCUT2D eigenvalue weighted by atomic mass is 10.3. The van der Waals surface area contributed by atoms with Crippen molar-refractivity contribution >= 4 is 28.1 Å². The van der Waals surface area contributed by atoms with E-state index in [9.17, 15) is 0 Å². The van der Waals surface area contributed by atoms with Crippen LogP contribution in [0.15, 0.2) is 30.3 Å². The topological polar surface area (TPSA) is 57.9 Å². The fourth-order valence-corrected chi connectivity index (χ4v) is 2.26. The van der Waals surface area contributed by atoms with Crippen LogP contribution >= 0.6 is 22.9 Å². The van der Waals surface area contributed by atoms with Crippen LogP contribution in [0.3, 0.4) is 0 Å². The van der Waals surface area contributed by atoms with Gasteiger partial charge < -0.3 is 10.1 Å². The van der Waals surface area contributed by atoms with Crippen LogP contribution in [0, 0.1) is 11.3 Å². The standard InChI is InChI=1S/C12H10ClN3OS/c13-11-10(8-14)18-12(16-11)15-6-7-17-9-4-2-1-3-5-9/h1-5H,6-7H2,(H,15,16). The van der Waals surface area contributed by atoms with Crippen LogP contribution in [0.5, 0.6) is 5.75 Å². The highest BCUT2D eigenvalue weighted by Crippen LogP contribution is 2.25. The molecule has 6 heteroatoms. The van der Waals surface area contributed by atoms with Crippen LogP contribution in [-0.2, 0) is 0 Å². The quantitative estimate of drug-likeness (QED) is 0.854. The summed E-state index contributed by atoms with van der Waals surface area (Å²) >= 11 is 6.99. The average molecular weight is 280 g/mol. The van der Waals surface area contributed by atoms with E-state index < -0.39 is 0 Å². The maximum Gasteiger partial charge on any atom is 0.185 e. The molecule has 1 N–H and O–H groups in total. The van der Waals surface area contributed by atoms with Crippen molar-refractivity contribution in [3.05, 3.63) is 40.4 Å². The van der Waals surface area contributed by atoms with Crippen molar-refractivity contribution in [3.8, 4) is 11.8 Å². The van der Waals surface area contributed by atoms with E-state index in [4.69, 9.17) is 21.6 Å². The minimum atomic E-state index is 0.244. The molecule has 0 amide bonds. The Kier molecular flexibility index (Phi) is 4.40. The van der Waals surface area contributed by atoms with Gasteiger partial charge in [0, 0.05) is 0 Å². The summed E-state index contributed by atoms with van der Waals surface area (Å²) < 4.78 is 5.51. The van der Waals surface area contributed by atoms with Crippen LogP contribution in [0.2, 0.25) is 5.15 Å². The molecule has 0 spiro atoms. The molecule has 2 rings (SSSR count). The van der Waals surface area contributed by atoms with Crippen LogP contribution in [-0.4, -0.2) is 18.1 Å². The van der Waals surface area contributed by atoms with E-state index >= 15 is 0 Å². The molecule has 4 nitrogen and oxygen atoms in total. The van der Waals surface area contributed by atoms with Gasteiger partial charge >= 0.3 is 0 Å². The maximum absolute atomic E-state index is 8.74. The van der Waals surface area contributed by atoms with Crippen molar-refractivity contribution in [2.45, 2.75) is 0 Å². The van der Waals surface area contributed by atoms with E-state index in [0.29, 0.717) is 23.2 Å². The van der Waals surface area contributed by atoms with Gasteiger partial charge in [0.25, 0.3) is 0 Å². The summed E-state index contributed by atoms with van der Waals surface area (Å²) in [5.74, 6) is 0.828. The van der Waals surface area contributed by atoms with E-state index in [1.165, 1.54) is 11.3 Å². The molecule has 1 heterocycles. The molecule has 0 atom stereocenters. The number of halogens is 1. The summed E-state index contributed by atoms with van der Waals surface area (Å²) in [6, 6.07) is 11.6. The Balaban J connectivity index is 1.77. The van der Waals surface area contributed by atoms with Gasteiger partial charge in [-0.2, -0.15) is 5.26 Å². The molecule has 0 aliphatic heterocycles.